The molecule has 0 spiro atoms. The number of rotatable bonds is 6. The zero-order valence-electron chi connectivity index (χ0n) is 18.2. The Labute approximate surface area is 193 Å². The molecule has 0 saturated carbocycles. The molecule has 0 atom stereocenters. The number of aromatic nitrogens is 4. The molecule has 0 bridgehead atoms. The molecule has 3 aromatic rings. The smallest absolute Gasteiger partial charge is 0.419 e. The molecule has 1 aliphatic heterocycles. The van der Waals surface area contributed by atoms with Crippen LogP contribution in [0, 0.1) is 11.3 Å². The number of hydrogen-bond donors (Lipinski definition) is 0. The summed E-state index contributed by atoms with van der Waals surface area (Å²) in [6, 6.07) is 7.08. The van der Waals surface area contributed by atoms with Crippen molar-refractivity contribution in [1.82, 2.24) is 24.9 Å². The van der Waals surface area contributed by atoms with Gasteiger partial charge in [0.1, 0.15) is 17.3 Å². The van der Waals surface area contributed by atoms with Crippen molar-refractivity contribution >= 4 is 20.9 Å². The molecular formula is C21H21F3N6O3S. The first-order valence-corrected chi connectivity index (χ1v) is 12.3. The van der Waals surface area contributed by atoms with Crippen LogP contribution in [0.3, 0.4) is 0 Å². The van der Waals surface area contributed by atoms with Gasteiger partial charge in [-0.05, 0) is 30.7 Å². The maximum absolute atomic E-state index is 13.8. The van der Waals surface area contributed by atoms with Gasteiger partial charge in [-0.3, -0.25) is 0 Å². The molecular weight excluding hydrogens is 473 g/mol. The third-order valence-corrected chi connectivity index (χ3v) is 7.21. The molecule has 2 aromatic heterocycles. The molecule has 0 unspecified atom stereocenters. The number of aryl methyl sites for hydroxylation is 1. The van der Waals surface area contributed by atoms with E-state index in [9.17, 15) is 26.9 Å². The molecule has 0 amide bonds. The first kappa shape index (κ1) is 23.9. The average Bonchev–Trinajstić information content (AvgIpc) is 3.17. The van der Waals surface area contributed by atoms with E-state index in [1.165, 1.54) is 22.9 Å². The third-order valence-electron chi connectivity index (χ3n) is 5.60. The fourth-order valence-electron chi connectivity index (χ4n) is 3.74. The molecule has 4 rings (SSSR count). The summed E-state index contributed by atoms with van der Waals surface area (Å²) in [4.78, 5) is 6.12. The quantitative estimate of drug-likeness (QED) is 0.480. The van der Waals surface area contributed by atoms with Crippen LogP contribution in [0.5, 0.6) is 5.75 Å². The molecule has 9 nitrogen and oxygen atoms in total. The highest BCUT2D eigenvalue weighted by Gasteiger charge is 2.35. The van der Waals surface area contributed by atoms with Crippen LogP contribution in [0.1, 0.15) is 17.7 Å². The zero-order chi connectivity index (χ0) is 24.5. The first-order valence-electron chi connectivity index (χ1n) is 10.4. The van der Waals surface area contributed by atoms with Crippen LogP contribution in [0.25, 0.3) is 22.3 Å². The number of sulfone groups is 1. The Balaban J connectivity index is 1.52. The van der Waals surface area contributed by atoms with Crippen LogP contribution >= 0.6 is 0 Å². The van der Waals surface area contributed by atoms with Crippen molar-refractivity contribution in [2.75, 3.05) is 37.7 Å². The number of fused-ring (bicyclic) bond motifs is 1. The van der Waals surface area contributed by atoms with E-state index in [-0.39, 0.29) is 46.3 Å². The summed E-state index contributed by atoms with van der Waals surface area (Å²) in [7, 11) is -1.37. The molecule has 34 heavy (non-hydrogen) atoms. The number of halogens is 3. The van der Waals surface area contributed by atoms with Crippen LogP contribution in [-0.2, 0) is 23.1 Å². The summed E-state index contributed by atoms with van der Waals surface area (Å²) in [5.74, 6) is -0.118. The normalized spacial score (nSPS) is 16.4. The zero-order valence-corrected chi connectivity index (χ0v) is 19.0. The molecule has 0 N–H and O–H groups in total. The van der Waals surface area contributed by atoms with Gasteiger partial charge in [0, 0.05) is 32.2 Å². The van der Waals surface area contributed by atoms with E-state index in [2.05, 4.69) is 15.3 Å². The highest BCUT2D eigenvalue weighted by atomic mass is 32.2. The minimum absolute atomic E-state index is 0.0278. The number of pyridine rings is 1. The van der Waals surface area contributed by atoms with E-state index in [1.54, 1.807) is 7.05 Å². The van der Waals surface area contributed by atoms with Gasteiger partial charge >= 0.3 is 6.18 Å². The number of hydrogen-bond acceptors (Lipinski definition) is 8. The highest BCUT2D eigenvalue weighted by molar-refractivity contribution is 7.91. The standard InChI is InChI=1S/C21H21F3N6O3S/c1-29-18-12-16(26-17(13-25)20(18)27-28-29)14-3-4-19(15(11-14)21(22,23)24)33-8-2-5-30-6-9-34(31,32)10-7-30/h3-4,11-12H,2,5-10H2,1H3. The number of benzene rings is 1. The molecule has 1 aliphatic rings. The van der Waals surface area contributed by atoms with Gasteiger partial charge in [0.2, 0.25) is 0 Å². The van der Waals surface area contributed by atoms with Gasteiger partial charge in [-0.1, -0.05) is 5.21 Å². The number of nitriles is 1. The van der Waals surface area contributed by atoms with Crippen molar-refractivity contribution in [1.29, 1.82) is 5.26 Å². The van der Waals surface area contributed by atoms with E-state index in [1.807, 2.05) is 11.0 Å². The summed E-state index contributed by atoms with van der Waals surface area (Å²) >= 11 is 0. The third kappa shape index (κ3) is 5.13. The summed E-state index contributed by atoms with van der Waals surface area (Å²) in [5.41, 5.74) is 0.134. The maximum atomic E-state index is 13.8. The second kappa shape index (κ2) is 9.19. The minimum atomic E-state index is -4.66. The Morgan fingerprint density at radius 1 is 1.21 bits per heavy atom. The van der Waals surface area contributed by atoms with Crippen molar-refractivity contribution in [3.8, 4) is 23.1 Å². The van der Waals surface area contributed by atoms with Crippen molar-refractivity contribution < 1.29 is 26.3 Å². The van der Waals surface area contributed by atoms with Gasteiger partial charge in [-0.2, -0.15) is 18.4 Å². The Morgan fingerprint density at radius 2 is 1.94 bits per heavy atom. The van der Waals surface area contributed by atoms with Gasteiger partial charge in [0.25, 0.3) is 0 Å². The van der Waals surface area contributed by atoms with E-state index < -0.39 is 21.6 Å². The average molecular weight is 494 g/mol. The van der Waals surface area contributed by atoms with Crippen molar-refractivity contribution in [2.45, 2.75) is 12.6 Å². The molecule has 0 radical (unpaired) electrons. The monoisotopic (exact) mass is 494 g/mol. The Hall–Kier alpha value is -3.24. The van der Waals surface area contributed by atoms with Gasteiger partial charge in [-0.15, -0.1) is 5.10 Å². The van der Waals surface area contributed by atoms with E-state index in [4.69, 9.17) is 4.74 Å². The van der Waals surface area contributed by atoms with Gasteiger partial charge in [0.05, 0.1) is 34.9 Å². The predicted octanol–water partition coefficient (Wildman–Crippen LogP) is 2.42. The van der Waals surface area contributed by atoms with E-state index in [0.717, 1.165) is 6.07 Å². The molecule has 0 aliphatic carbocycles. The summed E-state index contributed by atoms with van der Waals surface area (Å²) < 4.78 is 71.2. The Morgan fingerprint density at radius 3 is 2.62 bits per heavy atom. The molecule has 1 saturated heterocycles. The Bertz CT molecular complexity index is 1350. The van der Waals surface area contributed by atoms with Crippen molar-refractivity contribution in [3.05, 3.63) is 35.5 Å². The van der Waals surface area contributed by atoms with Crippen molar-refractivity contribution in [2.24, 2.45) is 7.05 Å². The lowest BCUT2D eigenvalue weighted by Crippen LogP contribution is -2.40. The van der Waals surface area contributed by atoms with Crippen LogP contribution in [0.15, 0.2) is 24.3 Å². The number of ether oxygens (including phenoxy) is 1. The lowest BCUT2D eigenvalue weighted by molar-refractivity contribution is -0.138. The lowest BCUT2D eigenvalue weighted by Gasteiger charge is -2.26. The van der Waals surface area contributed by atoms with Crippen LogP contribution in [0.2, 0.25) is 0 Å². The maximum Gasteiger partial charge on any atom is 0.419 e. The minimum Gasteiger partial charge on any atom is -0.493 e. The van der Waals surface area contributed by atoms with Gasteiger partial charge < -0.3 is 9.64 Å². The van der Waals surface area contributed by atoms with Crippen LogP contribution < -0.4 is 4.74 Å². The number of nitrogens with zero attached hydrogens (tertiary/aromatic N) is 6. The van der Waals surface area contributed by atoms with E-state index in [0.29, 0.717) is 31.6 Å². The summed E-state index contributed by atoms with van der Waals surface area (Å²) in [5, 5.41) is 17.1. The molecule has 1 aromatic carbocycles. The Kier molecular flexibility index (Phi) is 6.46. The molecule has 1 fully saturated rings. The van der Waals surface area contributed by atoms with Gasteiger partial charge in [-0.25, -0.2) is 18.1 Å². The summed E-state index contributed by atoms with van der Waals surface area (Å²) in [6.45, 7) is 1.42. The SMILES string of the molecule is Cn1nnc2c(C#N)nc(-c3ccc(OCCCN4CCS(=O)(=O)CC4)c(C(F)(F)F)c3)cc21. The fraction of sp³-hybridized carbons (Fsp3) is 0.429. The molecule has 13 heteroatoms. The molecule has 3 heterocycles. The topological polar surface area (TPSA) is 114 Å². The van der Waals surface area contributed by atoms with Gasteiger partial charge in [0.15, 0.2) is 15.5 Å². The van der Waals surface area contributed by atoms with E-state index >= 15 is 0 Å². The second-order valence-corrected chi connectivity index (χ2v) is 10.3. The molecule has 180 valence electrons. The lowest BCUT2D eigenvalue weighted by atomic mass is 10.1. The fourth-order valence-corrected chi connectivity index (χ4v) is 5.01. The van der Waals surface area contributed by atoms with Crippen molar-refractivity contribution in [3.63, 3.8) is 0 Å². The largest absolute Gasteiger partial charge is 0.493 e. The second-order valence-electron chi connectivity index (χ2n) is 7.95. The van der Waals surface area contributed by atoms with Crippen LogP contribution in [0.4, 0.5) is 13.2 Å². The summed E-state index contributed by atoms with van der Waals surface area (Å²) in [6.07, 6.45) is -4.21. The first-order chi connectivity index (χ1) is 16.1. The number of alkyl halides is 3. The predicted molar refractivity (Wildman–Crippen MR) is 117 cm³/mol. The highest BCUT2D eigenvalue weighted by Crippen LogP contribution is 2.39. The van der Waals surface area contributed by atoms with Crippen LogP contribution in [-0.4, -0.2) is 71.0 Å².